The Morgan fingerprint density at radius 1 is 0.879 bits per heavy atom. The fourth-order valence-corrected chi connectivity index (χ4v) is 3.77. The Balaban J connectivity index is 1.80. The third-order valence-electron chi connectivity index (χ3n) is 5.86. The van der Waals surface area contributed by atoms with E-state index in [1.54, 1.807) is 0 Å². The summed E-state index contributed by atoms with van der Waals surface area (Å²) < 4.78 is 26.6. The number of ether oxygens (including phenoxy) is 5. The zero-order valence-corrected chi connectivity index (χ0v) is 18.9. The van der Waals surface area contributed by atoms with Gasteiger partial charge in [-0.05, 0) is 12.8 Å². The van der Waals surface area contributed by atoms with Crippen molar-refractivity contribution in [2.75, 3.05) is 26.9 Å². The summed E-state index contributed by atoms with van der Waals surface area (Å²) in [6, 6.07) is 0. The molecule has 2 rings (SSSR count). The molecule has 9 atom stereocenters. The van der Waals surface area contributed by atoms with Crippen LogP contribution in [0.15, 0.2) is 0 Å². The van der Waals surface area contributed by atoms with Crippen LogP contribution < -0.4 is 0 Å². The highest BCUT2D eigenvalue weighted by molar-refractivity contribution is 5.68. The van der Waals surface area contributed by atoms with Crippen molar-refractivity contribution in [2.24, 2.45) is 0 Å². The molecule has 0 radical (unpaired) electrons. The first kappa shape index (κ1) is 28.3. The second-order valence-electron chi connectivity index (χ2n) is 8.38. The lowest BCUT2D eigenvalue weighted by molar-refractivity contribution is -0.356. The number of unbranched alkanes of at least 4 members (excludes halogenated alkanes) is 5. The van der Waals surface area contributed by atoms with Crippen LogP contribution in [0.2, 0.25) is 0 Å². The molecule has 0 amide bonds. The normalized spacial score (nSPS) is 37.1. The highest BCUT2D eigenvalue weighted by Crippen LogP contribution is 2.28. The summed E-state index contributed by atoms with van der Waals surface area (Å²) >= 11 is 0. The molecule has 2 aliphatic heterocycles. The monoisotopic (exact) mass is 482 g/mol. The summed E-state index contributed by atoms with van der Waals surface area (Å²) in [5.74, 6) is -0.210. The van der Waals surface area contributed by atoms with Gasteiger partial charge in [0.05, 0.1) is 20.3 Å². The van der Waals surface area contributed by atoms with Crippen LogP contribution in [-0.2, 0) is 28.5 Å². The fourth-order valence-electron chi connectivity index (χ4n) is 3.77. The minimum Gasteiger partial charge on any atom is -0.469 e. The molecule has 0 aromatic heterocycles. The number of aliphatic hydroxyl groups excluding tert-OH is 6. The third kappa shape index (κ3) is 8.35. The van der Waals surface area contributed by atoms with Crippen LogP contribution in [-0.4, -0.2) is 119 Å². The molecule has 6 N–H and O–H groups in total. The van der Waals surface area contributed by atoms with Crippen molar-refractivity contribution in [1.29, 1.82) is 0 Å². The lowest BCUT2D eigenvalue weighted by atomic mass is 9.98. The van der Waals surface area contributed by atoms with Crippen molar-refractivity contribution in [3.05, 3.63) is 0 Å². The summed E-state index contributed by atoms with van der Waals surface area (Å²) in [6.07, 6.45) is -6.74. The number of carbonyl (C=O) groups excluding carboxylic acids is 1. The molecule has 0 aromatic carbocycles. The predicted octanol–water partition coefficient (Wildman–Crippen LogP) is -1.83. The first-order valence-electron chi connectivity index (χ1n) is 11.4. The number of methoxy groups -OCH3 is 1. The van der Waals surface area contributed by atoms with Crippen LogP contribution in [0.1, 0.15) is 44.9 Å². The number of esters is 1. The SMILES string of the molecule is COC(=O)CCCCCCCCO[C@H]1O[C@H](CO)[C@@H](O)[C@H](O)[C@H]1O[C@@H]1OC[C@@H](O)[C@H](O)[C@H]1O. The molecule has 12 nitrogen and oxygen atoms in total. The van der Waals surface area contributed by atoms with Crippen LogP contribution >= 0.6 is 0 Å². The van der Waals surface area contributed by atoms with E-state index in [0.717, 1.165) is 32.1 Å². The van der Waals surface area contributed by atoms with Gasteiger partial charge in [-0.25, -0.2) is 0 Å². The van der Waals surface area contributed by atoms with Gasteiger partial charge in [-0.15, -0.1) is 0 Å². The zero-order chi connectivity index (χ0) is 24.4. The average molecular weight is 483 g/mol. The van der Waals surface area contributed by atoms with Crippen molar-refractivity contribution in [1.82, 2.24) is 0 Å². The molecule has 2 aliphatic rings. The Morgan fingerprint density at radius 2 is 1.55 bits per heavy atom. The topological polar surface area (TPSA) is 185 Å². The van der Waals surface area contributed by atoms with Gasteiger partial charge in [-0.1, -0.05) is 25.7 Å². The summed E-state index contributed by atoms with van der Waals surface area (Å²) in [5, 5.41) is 59.6. The Kier molecular flexibility index (Phi) is 12.4. The maximum absolute atomic E-state index is 11.1. The number of hydrogen-bond acceptors (Lipinski definition) is 12. The number of carbonyl (C=O) groups is 1. The molecular weight excluding hydrogens is 444 g/mol. The van der Waals surface area contributed by atoms with E-state index in [4.69, 9.17) is 18.9 Å². The van der Waals surface area contributed by atoms with Crippen LogP contribution in [0.3, 0.4) is 0 Å². The minimum atomic E-state index is -1.59. The highest BCUT2D eigenvalue weighted by Gasteiger charge is 2.49. The molecule has 194 valence electrons. The van der Waals surface area contributed by atoms with E-state index >= 15 is 0 Å². The molecule has 12 heteroatoms. The molecule has 0 spiro atoms. The Bertz CT molecular complexity index is 563. The van der Waals surface area contributed by atoms with Crippen LogP contribution in [0, 0.1) is 0 Å². The lowest BCUT2D eigenvalue weighted by Crippen LogP contribution is -2.63. The molecule has 0 bridgehead atoms. The lowest BCUT2D eigenvalue weighted by Gasteiger charge is -2.44. The first-order valence-corrected chi connectivity index (χ1v) is 11.4. The Hall–Kier alpha value is -0.930. The van der Waals surface area contributed by atoms with Gasteiger partial charge in [-0.2, -0.15) is 0 Å². The minimum absolute atomic E-state index is 0.210. The van der Waals surface area contributed by atoms with Crippen LogP contribution in [0.25, 0.3) is 0 Å². The van der Waals surface area contributed by atoms with Crippen molar-refractivity contribution < 1.29 is 59.1 Å². The van der Waals surface area contributed by atoms with Gasteiger partial charge in [0.25, 0.3) is 0 Å². The number of rotatable bonds is 13. The van der Waals surface area contributed by atoms with E-state index in [-0.39, 0.29) is 19.2 Å². The van der Waals surface area contributed by atoms with E-state index in [9.17, 15) is 35.4 Å². The quantitative estimate of drug-likeness (QED) is 0.128. The van der Waals surface area contributed by atoms with Gasteiger partial charge in [-0.3, -0.25) is 4.79 Å². The van der Waals surface area contributed by atoms with Gasteiger partial charge in [0, 0.05) is 13.0 Å². The van der Waals surface area contributed by atoms with E-state index in [0.29, 0.717) is 12.8 Å². The predicted molar refractivity (Wildman–Crippen MR) is 111 cm³/mol. The maximum Gasteiger partial charge on any atom is 0.305 e. The summed E-state index contributed by atoms with van der Waals surface area (Å²) in [7, 11) is 1.37. The van der Waals surface area contributed by atoms with E-state index in [1.807, 2.05) is 0 Å². The molecule has 0 aromatic rings. The van der Waals surface area contributed by atoms with Crippen LogP contribution in [0.5, 0.6) is 0 Å². The Labute approximate surface area is 193 Å². The van der Waals surface area contributed by atoms with Gasteiger partial charge in [0.2, 0.25) is 0 Å². The Morgan fingerprint density at radius 3 is 2.21 bits per heavy atom. The third-order valence-corrected chi connectivity index (χ3v) is 5.86. The van der Waals surface area contributed by atoms with Gasteiger partial charge < -0.3 is 54.3 Å². The fraction of sp³-hybridized carbons (Fsp3) is 0.952. The van der Waals surface area contributed by atoms with Crippen LogP contribution in [0.4, 0.5) is 0 Å². The van der Waals surface area contributed by atoms with Crippen molar-refractivity contribution in [3.63, 3.8) is 0 Å². The van der Waals surface area contributed by atoms with E-state index < -0.39 is 61.9 Å². The summed E-state index contributed by atoms with van der Waals surface area (Å²) in [5.41, 5.74) is 0. The molecule has 2 saturated heterocycles. The molecule has 33 heavy (non-hydrogen) atoms. The van der Waals surface area contributed by atoms with E-state index in [2.05, 4.69) is 4.74 Å². The highest BCUT2D eigenvalue weighted by atomic mass is 16.8. The van der Waals surface area contributed by atoms with Gasteiger partial charge in [0.1, 0.15) is 42.7 Å². The molecule has 0 aliphatic carbocycles. The smallest absolute Gasteiger partial charge is 0.305 e. The maximum atomic E-state index is 11.1. The molecule has 0 unspecified atom stereocenters. The summed E-state index contributed by atoms with van der Waals surface area (Å²) in [6.45, 7) is -0.591. The molecule has 2 heterocycles. The average Bonchev–Trinajstić information content (AvgIpc) is 2.81. The first-order chi connectivity index (χ1) is 15.8. The summed E-state index contributed by atoms with van der Waals surface area (Å²) in [4.78, 5) is 11.1. The molecular formula is C21H38O12. The van der Waals surface area contributed by atoms with Gasteiger partial charge in [0.15, 0.2) is 12.6 Å². The molecule has 0 saturated carbocycles. The van der Waals surface area contributed by atoms with Crippen molar-refractivity contribution in [2.45, 2.75) is 100 Å². The molecule has 2 fully saturated rings. The second-order valence-corrected chi connectivity index (χ2v) is 8.38. The largest absolute Gasteiger partial charge is 0.469 e. The van der Waals surface area contributed by atoms with Gasteiger partial charge >= 0.3 is 5.97 Å². The zero-order valence-electron chi connectivity index (χ0n) is 18.9. The number of aliphatic hydroxyl groups is 6. The number of hydrogen-bond donors (Lipinski definition) is 6. The van der Waals surface area contributed by atoms with Crippen molar-refractivity contribution >= 4 is 5.97 Å². The standard InChI is InChI=1S/C21H38O12/c1-29-14(24)8-6-4-2-3-5-7-9-30-21-19(17(27)16(26)13(10-22)32-21)33-20-18(28)15(25)12(23)11-31-20/h12-13,15-23,25-28H,2-11H2,1H3/t12-,13-,15+,16-,17+,18-,19-,20+,21+/m1/s1. The second kappa shape index (κ2) is 14.5. The van der Waals surface area contributed by atoms with Crippen molar-refractivity contribution in [3.8, 4) is 0 Å². The van der Waals surface area contributed by atoms with E-state index in [1.165, 1.54) is 7.11 Å².